The summed E-state index contributed by atoms with van der Waals surface area (Å²) in [7, 11) is 1.69. The van der Waals surface area contributed by atoms with Gasteiger partial charge in [0.15, 0.2) is 0 Å². The van der Waals surface area contributed by atoms with E-state index in [2.05, 4.69) is 15.9 Å². The normalized spacial score (nSPS) is 16.9. The van der Waals surface area contributed by atoms with Crippen LogP contribution in [-0.2, 0) is 0 Å². The van der Waals surface area contributed by atoms with Gasteiger partial charge in [0.25, 0.3) is 0 Å². The van der Waals surface area contributed by atoms with Crippen molar-refractivity contribution in [2.45, 2.75) is 6.04 Å². The van der Waals surface area contributed by atoms with E-state index in [1.54, 1.807) is 13.2 Å². The van der Waals surface area contributed by atoms with Gasteiger partial charge in [-0.2, -0.15) is 0 Å². The lowest BCUT2D eigenvalue weighted by Gasteiger charge is -2.40. The number of hydrogen-bond donors (Lipinski definition) is 1. The van der Waals surface area contributed by atoms with E-state index < -0.39 is 0 Å². The van der Waals surface area contributed by atoms with Crippen LogP contribution in [0.1, 0.15) is 11.6 Å². The molecule has 1 unspecified atom stereocenters. The fourth-order valence-corrected chi connectivity index (χ4v) is 3.38. The fraction of sp³-hybridized carbons (Fsp3) is 0.368. The Hall–Kier alpha value is -2.11. The van der Waals surface area contributed by atoms with Gasteiger partial charge in [0.05, 0.1) is 18.8 Å². The van der Waals surface area contributed by atoms with Gasteiger partial charge in [0.1, 0.15) is 11.6 Å². The van der Waals surface area contributed by atoms with Crippen LogP contribution in [0.15, 0.2) is 48.5 Å². The molecule has 0 bridgehead atoms. The lowest BCUT2D eigenvalue weighted by Crippen LogP contribution is -2.49. The Morgan fingerprint density at radius 2 is 1.71 bits per heavy atom. The summed E-state index contributed by atoms with van der Waals surface area (Å²) in [4.78, 5) is 4.58. The summed E-state index contributed by atoms with van der Waals surface area (Å²) in [5, 5.41) is 0. The molecule has 1 heterocycles. The van der Waals surface area contributed by atoms with E-state index >= 15 is 0 Å². The first-order valence-corrected chi connectivity index (χ1v) is 8.31. The topological polar surface area (TPSA) is 41.7 Å². The fourth-order valence-electron chi connectivity index (χ4n) is 3.38. The van der Waals surface area contributed by atoms with E-state index in [-0.39, 0.29) is 11.9 Å². The maximum atomic E-state index is 14.1. The minimum atomic E-state index is -0.180. The van der Waals surface area contributed by atoms with Crippen molar-refractivity contribution in [1.29, 1.82) is 0 Å². The summed E-state index contributed by atoms with van der Waals surface area (Å²) < 4.78 is 19.6. The molecule has 1 fully saturated rings. The molecule has 3 rings (SSSR count). The molecule has 1 atom stereocenters. The third-order valence-electron chi connectivity index (χ3n) is 4.67. The molecule has 24 heavy (non-hydrogen) atoms. The van der Waals surface area contributed by atoms with E-state index in [0.717, 1.165) is 37.6 Å². The highest BCUT2D eigenvalue weighted by Gasteiger charge is 2.26. The Morgan fingerprint density at radius 1 is 1.04 bits per heavy atom. The van der Waals surface area contributed by atoms with Crippen LogP contribution in [0.25, 0.3) is 0 Å². The average molecular weight is 329 g/mol. The maximum absolute atomic E-state index is 14.1. The monoisotopic (exact) mass is 329 g/mol. The number of para-hydroxylation sites is 2. The minimum absolute atomic E-state index is 0.0778. The Bertz CT molecular complexity index is 671. The van der Waals surface area contributed by atoms with Crippen LogP contribution in [0.3, 0.4) is 0 Å². The minimum Gasteiger partial charge on any atom is -0.495 e. The lowest BCUT2D eigenvalue weighted by atomic mass is 10.0. The van der Waals surface area contributed by atoms with Gasteiger partial charge < -0.3 is 15.4 Å². The van der Waals surface area contributed by atoms with Gasteiger partial charge in [-0.15, -0.1) is 0 Å². The highest BCUT2D eigenvalue weighted by molar-refractivity contribution is 5.58. The Labute approximate surface area is 142 Å². The number of ether oxygens (including phenoxy) is 1. The summed E-state index contributed by atoms with van der Waals surface area (Å²) in [6, 6.07) is 14.9. The second-order valence-electron chi connectivity index (χ2n) is 5.97. The molecule has 2 aromatic carbocycles. The van der Waals surface area contributed by atoms with Crippen molar-refractivity contribution < 1.29 is 9.13 Å². The molecule has 2 N–H and O–H groups in total. The Kier molecular flexibility index (Phi) is 5.33. The number of rotatable bonds is 5. The quantitative estimate of drug-likeness (QED) is 0.916. The number of benzene rings is 2. The summed E-state index contributed by atoms with van der Waals surface area (Å²) in [5.74, 6) is 0.704. The molecule has 0 aliphatic carbocycles. The van der Waals surface area contributed by atoms with Crippen molar-refractivity contribution >= 4 is 5.69 Å². The van der Waals surface area contributed by atoms with Crippen molar-refractivity contribution in [2.75, 3.05) is 44.7 Å². The zero-order valence-electron chi connectivity index (χ0n) is 14.0. The van der Waals surface area contributed by atoms with Crippen LogP contribution in [0.4, 0.5) is 10.1 Å². The second-order valence-corrected chi connectivity index (χ2v) is 5.97. The van der Waals surface area contributed by atoms with Crippen molar-refractivity contribution in [2.24, 2.45) is 5.73 Å². The molecular formula is C19H24FN3O. The van der Waals surface area contributed by atoms with Gasteiger partial charge in [-0.3, -0.25) is 4.90 Å². The SMILES string of the molecule is COc1ccccc1N1CCN(C(CN)c2ccccc2F)CC1. The van der Waals surface area contributed by atoms with Gasteiger partial charge in [-0.25, -0.2) is 4.39 Å². The molecule has 0 saturated carbocycles. The standard InChI is InChI=1S/C19H24FN3O/c1-24-19-9-5-4-8-17(19)22-10-12-23(13-11-22)18(14-21)15-6-2-3-7-16(15)20/h2-9,18H,10-14,21H2,1H3. The molecule has 0 radical (unpaired) electrons. The van der Waals surface area contributed by atoms with E-state index in [1.807, 2.05) is 30.3 Å². The molecule has 0 spiro atoms. The number of halogens is 1. The molecule has 2 aromatic rings. The highest BCUT2D eigenvalue weighted by atomic mass is 19.1. The second kappa shape index (κ2) is 7.64. The van der Waals surface area contributed by atoms with Gasteiger partial charge in [-0.05, 0) is 18.2 Å². The first-order chi connectivity index (χ1) is 11.7. The zero-order valence-corrected chi connectivity index (χ0v) is 14.0. The molecule has 1 saturated heterocycles. The number of hydrogen-bond acceptors (Lipinski definition) is 4. The Balaban J connectivity index is 1.71. The predicted octanol–water partition coefficient (Wildman–Crippen LogP) is 2.66. The molecule has 4 nitrogen and oxygen atoms in total. The van der Waals surface area contributed by atoms with Crippen molar-refractivity contribution in [3.63, 3.8) is 0 Å². The van der Waals surface area contributed by atoms with Crippen LogP contribution in [0.2, 0.25) is 0 Å². The van der Waals surface area contributed by atoms with Crippen molar-refractivity contribution in [3.05, 3.63) is 59.9 Å². The number of nitrogens with two attached hydrogens (primary N) is 1. The van der Waals surface area contributed by atoms with Crippen LogP contribution < -0.4 is 15.4 Å². The smallest absolute Gasteiger partial charge is 0.142 e. The molecule has 0 amide bonds. The van der Waals surface area contributed by atoms with Crippen molar-refractivity contribution in [3.8, 4) is 5.75 Å². The van der Waals surface area contributed by atoms with E-state index in [4.69, 9.17) is 10.5 Å². The summed E-state index contributed by atoms with van der Waals surface area (Å²) in [6.07, 6.45) is 0. The molecule has 1 aliphatic rings. The van der Waals surface area contributed by atoms with E-state index in [9.17, 15) is 4.39 Å². The molecule has 5 heteroatoms. The third kappa shape index (κ3) is 3.37. The maximum Gasteiger partial charge on any atom is 0.142 e. The van der Waals surface area contributed by atoms with Crippen LogP contribution in [0.5, 0.6) is 5.75 Å². The van der Waals surface area contributed by atoms with Crippen LogP contribution in [0, 0.1) is 5.82 Å². The number of anilines is 1. The highest BCUT2D eigenvalue weighted by Crippen LogP contribution is 2.30. The molecule has 0 aromatic heterocycles. The molecule has 1 aliphatic heterocycles. The lowest BCUT2D eigenvalue weighted by molar-refractivity contribution is 0.186. The first-order valence-electron chi connectivity index (χ1n) is 8.31. The van der Waals surface area contributed by atoms with Gasteiger partial charge in [0.2, 0.25) is 0 Å². The number of nitrogens with zero attached hydrogens (tertiary/aromatic N) is 2. The largest absolute Gasteiger partial charge is 0.495 e. The van der Waals surface area contributed by atoms with Crippen LogP contribution in [-0.4, -0.2) is 44.7 Å². The number of methoxy groups -OCH3 is 1. The van der Waals surface area contributed by atoms with Crippen LogP contribution >= 0.6 is 0 Å². The van der Waals surface area contributed by atoms with Gasteiger partial charge in [-0.1, -0.05) is 30.3 Å². The third-order valence-corrected chi connectivity index (χ3v) is 4.67. The molecular weight excluding hydrogens is 305 g/mol. The van der Waals surface area contributed by atoms with Crippen molar-refractivity contribution in [1.82, 2.24) is 4.90 Å². The zero-order chi connectivity index (χ0) is 16.9. The summed E-state index contributed by atoms with van der Waals surface area (Å²) in [6.45, 7) is 3.83. The Morgan fingerprint density at radius 3 is 2.38 bits per heavy atom. The summed E-state index contributed by atoms with van der Waals surface area (Å²) in [5.41, 5.74) is 7.75. The molecule has 128 valence electrons. The first kappa shape index (κ1) is 16.7. The summed E-state index contributed by atoms with van der Waals surface area (Å²) >= 11 is 0. The number of piperazine rings is 1. The predicted molar refractivity (Wildman–Crippen MR) is 95.0 cm³/mol. The van der Waals surface area contributed by atoms with Gasteiger partial charge in [0, 0.05) is 38.3 Å². The van der Waals surface area contributed by atoms with E-state index in [0.29, 0.717) is 12.1 Å². The average Bonchev–Trinajstić information content (AvgIpc) is 2.64. The van der Waals surface area contributed by atoms with E-state index in [1.165, 1.54) is 6.07 Å². The van der Waals surface area contributed by atoms with Gasteiger partial charge >= 0.3 is 0 Å².